The first-order valence-corrected chi connectivity index (χ1v) is 6.94. The van der Waals surface area contributed by atoms with E-state index in [-0.39, 0.29) is 6.03 Å². The summed E-state index contributed by atoms with van der Waals surface area (Å²) < 4.78 is 10.4. The first kappa shape index (κ1) is 17.1. The van der Waals surface area contributed by atoms with Gasteiger partial charge in [0.15, 0.2) is 11.5 Å². The Morgan fingerprint density at radius 2 is 1.76 bits per heavy atom. The van der Waals surface area contributed by atoms with Crippen LogP contribution in [0, 0.1) is 0 Å². The highest BCUT2D eigenvalue weighted by atomic mass is 16.5. The fourth-order valence-corrected chi connectivity index (χ4v) is 1.81. The molecule has 0 unspecified atom stereocenters. The van der Waals surface area contributed by atoms with E-state index >= 15 is 0 Å². The molecule has 0 aliphatic heterocycles. The number of hydrogen-bond donors (Lipinski definition) is 2. The van der Waals surface area contributed by atoms with Gasteiger partial charge >= 0.3 is 6.03 Å². The molecule has 0 aliphatic rings. The van der Waals surface area contributed by atoms with Gasteiger partial charge in [-0.1, -0.05) is 6.07 Å². The second-order valence-corrected chi connectivity index (χ2v) is 4.93. The van der Waals surface area contributed by atoms with E-state index in [1.165, 1.54) is 0 Å². The lowest BCUT2D eigenvalue weighted by molar-refractivity contribution is 0.239. The summed E-state index contributed by atoms with van der Waals surface area (Å²) >= 11 is 0. The number of rotatable bonds is 8. The van der Waals surface area contributed by atoms with Crippen molar-refractivity contribution in [3.05, 3.63) is 23.8 Å². The molecule has 118 valence electrons. The molecule has 0 saturated heterocycles. The maximum Gasteiger partial charge on any atom is 0.314 e. The minimum atomic E-state index is -0.141. The van der Waals surface area contributed by atoms with Gasteiger partial charge in [-0.3, -0.25) is 0 Å². The van der Waals surface area contributed by atoms with Crippen LogP contribution in [0.2, 0.25) is 0 Å². The summed E-state index contributed by atoms with van der Waals surface area (Å²) in [6.07, 6.45) is 0.738. The maximum atomic E-state index is 11.6. The third kappa shape index (κ3) is 6.35. The van der Waals surface area contributed by atoms with Crippen molar-refractivity contribution in [3.63, 3.8) is 0 Å². The minimum Gasteiger partial charge on any atom is -0.493 e. The molecule has 6 nitrogen and oxygen atoms in total. The zero-order valence-corrected chi connectivity index (χ0v) is 13.2. The number of hydrogen-bond acceptors (Lipinski definition) is 4. The van der Waals surface area contributed by atoms with Crippen LogP contribution in [0.5, 0.6) is 11.5 Å². The Bertz CT molecular complexity index is 450. The van der Waals surface area contributed by atoms with Gasteiger partial charge in [-0.15, -0.1) is 0 Å². The topological polar surface area (TPSA) is 62.8 Å². The van der Waals surface area contributed by atoms with Crippen LogP contribution < -0.4 is 20.1 Å². The lowest BCUT2D eigenvalue weighted by Gasteiger charge is -2.12. The third-order valence-electron chi connectivity index (χ3n) is 2.99. The molecule has 0 bridgehead atoms. The lowest BCUT2D eigenvalue weighted by atomic mass is 10.1. The van der Waals surface area contributed by atoms with Gasteiger partial charge in [0.25, 0.3) is 0 Å². The van der Waals surface area contributed by atoms with Crippen LogP contribution in [-0.2, 0) is 6.42 Å². The Morgan fingerprint density at radius 3 is 2.38 bits per heavy atom. The molecule has 1 aromatic rings. The predicted octanol–water partition coefficient (Wildman–Crippen LogP) is 1.11. The molecule has 1 aromatic carbocycles. The molecule has 21 heavy (non-hydrogen) atoms. The Morgan fingerprint density at radius 1 is 1.10 bits per heavy atom. The van der Waals surface area contributed by atoms with E-state index in [9.17, 15) is 4.79 Å². The van der Waals surface area contributed by atoms with Gasteiger partial charge in [0, 0.05) is 19.6 Å². The summed E-state index contributed by atoms with van der Waals surface area (Å²) in [6, 6.07) is 5.61. The summed E-state index contributed by atoms with van der Waals surface area (Å²) in [6.45, 7) is 2.03. The smallest absolute Gasteiger partial charge is 0.314 e. The Balaban J connectivity index is 2.33. The van der Waals surface area contributed by atoms with Crippen LogP contribution in [0.4, 0.5) is 4.79 Å². The van der Waals surface area contributed by atoms with E-state index < -0.39 is 0 Å². The van der Waals surface area contributed by atoms with Crippen LogP contribution in [0.1, 0.15) is 5.56 Å². The molecule has 0 radical (unpaired) electrons. The lowest BCUT2D eigenvalue weighted by Crippen LogP contribution is -2.39. The number of likely N-dealkylation sites (N-methyl/N-ethyl adjacent to an activating group) is 1. The van der Waals surface area contributed by atoms with Crippen molar-refractivity contribution < 1.29 is 14.3 Å². The first-order chi connectivity index (χ1) is 10.1. The molecule has 0 atom stereocenters. The fourth-order valence-electron chi connectivity index (χ4n) is 1.81. The molecule has 1 rings (SSSR count). The normalized spacial score (nSPS) is 10.3. The predicted molar refractivity (Wildman–Crippen MR) is 83.2 cm³/mol. The summed E-state index contributed by atoms with van der Waals surface area (Å²) in [7, 11) is 7.16. The van der Waals surface area contributed by atoms with Crippen molar-refractivity contribution in [2.45, 2.75) is 6.42 Å². The van der Waals surface area contributed by atoms with Gasteiger partial charge in [0.05, 0.1) is 14.2 Å². The second kappa shape index (κ2) is 9.07. The molecule has 0 saturated carbocycles. The Labute approximate surface area is 126 Å². The number of amides is 2. The summed E-state index contributed by atoms with van der Waals surface area (Å²) in [5.41, 5.74) is 1.08. The van der Waals surface area contributed by atoms with E-state index in [4.69, 9.17) is 9.47 Å². The molecule has 2 amide bonds. The molecule has 2 N–H and O–H groups in total. The van der Waals surface area contributed by atoms with E-state index in [1.54, 1.807) is 14.2 Å². The molecule has 0 aliphatic carbocycles. The fraction of sp³-hybridized carbons (Fsp3) is 0.533. The van der Waals surface area contributed by atoms with E-state index in [1.807, 2.05) is 37.2 Å². The Hall–Kier alpha value is -1.95. The molecule has 0 spiro atoms. The molecule has 0 aromatic heterocycles. The van der Waals surface area contributed by atoms with Crippen molar-refractivity contribution in [1.82, 2.24) is 15.5 Å². The maximum absolute atomic E-state index is 11.6. The summed E-state index contributed by atoms with van der Waals surface area (Å²) in [5, 5.41) is 5.63. The van der Waals surface area contributed by atoms with Gasteiger partial charge in [-0.05, 0) is 38.2 Å². The van der Waals surface area contributed by atoms with Crippen molar-refractivity contribution in [1.29, 1.82) is 0 Å². The second-order valence-electron chi connectivity index (χ2n) is 4.93. The first-order valence-electron chi connectivity index (χ1n) is 6.94. The molecule has 0 heterocycles. The number of benzene rings is 1. The number of nitrogens with zero attached hydrogens (tertiary/aromatic N) is 1. The minimum absolute atomic E-state index is 0.141. The van der Waals surface area contributed by atoms with Gasteiger partial charge < -0.3 is 25.0 Å². The highest BCUT2D eigenvalue weighted by Crippen LogP contribution is 2.27. The van der Waals surface area contributed by atoms with Gasteiger partial charge in [0.1, 0.15) is 0 Å². The van der Waals surface area contributed by atoms with Crippen molar-refractivity contribution in [2.24, 2.45) is 0 Å². The molecule has 6 heteroatoms. The molecule has 0 fully saturated rings. The molecular formula is C15H25N3O3. The number of ether oxygens (including phenoxy) is 2. The summed E-state index contributed by atoms with van der Waals surface area (Å²) in [5.74, 6) is 1.40. The average Bonchev–Trinajstić information content (AvgIpc) is 2.46. The number of carbonyl (C=O) groups excluding carboxylic acids is 1. The van der Waals surface area contributed by atoms with Crippen LogP contribution in [0.3, 0.4) is 0 Å². The van der Waals surface area contributed by atoms with Gasteiger partial charge in [-0.2, -0.15) is 0 Å². The monoisotopic (exact) mass is 295 g/mol. The number of urea groups is 1. The SMILES string of the molecule is COc1ccc(CCNC(=O)NCCN(C)C)cc1OC. The van der Waals surface area contributed by atoms with Crippen molar-refractivity contribution in [2.75, 3.05) is 47.9 Å². The van der Waals surface area contributed by atoms with Gasteiger partial charge in [-0.25, -0.2) is 4.79 Å². The van der Waals surface area contributed by atoms with Crippen LogP contribution in [-0.4, -0.2) is 58.9 Å². The van der Waals surface area contributed by atoms with Crippen LogP contribution >= 0.6 is 0 Å². The zero-order chi connectivity index (χ0) is 15.7. The highest BCUT2D eigenvalue weighted by Gasteiger charge is 2.05. The highest BCUT2D eigenvalue weighted by molar-refractivity contribution is 5.73. The van der Waals surface area contributed by atoms with E-state index in [0.717, 1.165) is 18.5 Å². The van der Waals surface area contributed by atoms with Crippen molar-refractivity contribution in [3.8, 4) is 11.5 Å². The zero-order valence-electron chi connectivity index (χ0n) is 13.2. The number of carbonyl (C=O) groups is 1. The standard InChI is InChI=1S/C15H25N3O3/c1-18(2)10-9-17-15(19)16-8-7-12-5-6-13(20-3)14(11-12)21-4/h5-6,11H,7-10H2,1-4H3,(H2,16,17,19). The van der Waals surface area contributed by atoms with Gasteiger partial charge in [0.2, 0.25) is 0 Å². The summed E-state index contributed by atoms with van der Waals surface area (Å²) in [4.78, 5) is 13.6. The Kier molecular flexibility index (Phi) is 7.39. The van der Waals surface area contributed by atoms with Crippen LogP contribution in [0.15, 0.2) is 18.2 Å². The van der Waals surface area contributed by atoms with E-state index in [2.05, 4.69) is 10.6 Å². The largest absolute Gasteiger partial charge is 0.493 e. The average molecular weight is 295 g/mol. The number of methoxy groups -OCH3 is 2. The third-order valence-corrected chi connectivity index (χ3v) is 2.99. The van der Waals surface area contributed by atoms with Crippen LogP contribution in [0.25, 0.3) is 0 Å². The van der Waals surface area contributed by atoms with E-state index in [0.29, 0.717) is 24.6 Å². The quantitative estimate of drug-likeness (QED) is 0.754. The van der Waals surface area contributed by atoms with Crippen molar-refractivity contribution >= 4 is 6.03 Å². The number of nitrogens with one attached hydrogen (secondary N) is 2. The molecular weight excluding hydrogens is 270 g/mol.